The SMILES string of the molecule is COc1ccc(-c2c(C(F)(F)F)[nH]n3c(=O)cc(C(F)(F)F)nc23)cc1. The van der Waals surface area contributed by atoms with E-state index < -0.39 is 40.5 Å². The van der Waals surface area contributed by atoms with Crippen molar-refractivity contribution in [1.29, 1.82) is 0 Å². The fourth-order valence-electron chi connectivity index (χ4n) is 2.42. The van der Waals surface area contributed by atoms with Gasteiger partial charge in [-0.2, -0.15) is 26.3 Å². The summed E-state index contributed by atoms with van der Waals surface area (Å²) in [5, 5.41) is 1.80. The van der Waals surface area contributed by atoms with Gasteiger partial charge in [0, 0.05) is 6.07 Å². The number of H-pyrrole nitrogens is 1. The number of hydrogen-bond acceptors (Lipinski definition) is 3. The van der Waals surface area contributed by atoms with Crippen molar-refractivity contribution in [2.75, 3.05) is 7.11 Å². The Bertz CT molecular complexity index is 1020. The molecule has 1 N–H and O–H groups in total. The van der Waals surface area contributed by atoms with Crippen LogP contribution in [0.1, 0.15) is 11.4 Å². The second-order valence-corrected chi connectivity index (χ2v) is 5.22. The molecular formula is C15H9F6N3O2. The molecule has 0 spiro atoms. The molecule has 138 valence electrons. The van der Waals surface area contributed by atoms with Gasteiger partial charge in [0.1, 0.15) is 11.4 Å². The normalized spacial score (nSPS) is 12.6. The first-order valence-corrected chi connectivity index (χ1v) is 6.97. The molecular weight excluding hydrogens is 368 g/mol. The Balaban J connectivity index is 2.39. The van der Waals surface area contributed by atoms with Gasteiger partial charge in [-0.05, 0) is 17.7 Å². The van der Waals surface area contributed by atoms with Crippen molar-refractivity contribution in [3.05, 3.63) is 52.1 Å². The Hall–Kier alpha value is -2.98. The molecule has 0 radical (unpaired) electrons. The van der Waals surface area contributed by atoms with Crippen molar-refractivity contribution >= 4 is 5.65 Å². The Kier molecular flexibility index (Phi) is 3.97. The topological polar surface area (TPSA) is 59.4 Å². The highest BCUT2D eigenvalue weighted by molar-refractivity contribution is 5.80. The monoisotopic (exact) mass is 377 g/mol. The zero-order valence-corrected chi connectivity index (χ0v) is 12.9. The highest BCUT2D eigenvalue weighted by Gasteiger charge is 2.40. The molecule has 1 aromatic carbocycles. The molecule has 0 atom stereocenters. The number of nitrogens with one attached hydrogen (secondary N) is 1. The first kappa shape index (κ1) is 17.8. The fraction of sp³-hybridized carbons (Fsp3) is 0.200. The maximum atomic E-state index is 13.4. The van der Waals surface area contributed by atoms with Crippen molar-refractivity contribution in [2.24, 2.45) is 0 Å². The summed E-state index contributed by atoms with van der Waals surface area (Å²) < 4.78 is 84.1. The van der Waals surface area contributed by atoms with Gasteiger partial charge < -0.3 is 4.74 Å². The van der Waals surface area contributed by atoms with E-state index in [1.807, 2.05) is 0 Å². The van der Waals surface area contributed by atoms with Gasteiger partial charge in [-0.25, -0.2) is 9.50 Å². The third kappa shape index (κ3) is 3.00. The van der Waals surface area contributed by atoms with Crippen LogP contribution in [0.2, 0.25) is 0 Å². The first-order chi connectivity index (χ1) is 12.0. The maximum absolute atomic E-state index is 13.4. The number of hydrogen-bond donors (Lipinski definition) is 1. The molecule has 0 unspecified atom stereocenters. The number of alkyl halides is 6. The lowest BCUT2D eigenvalue weighted by molar-refractivity contribution is -0.141. The minimum Gasteiger partial charge on any atom is -0.497 e. The summed E-state index contributed by atoms with van der Waals surface area (Å²) in [6.45, 7) is 0. The van der Waals surface area contributed by atoms with E-state index >= 15 is 0 Å². The van der Waals surface area contributed by atoms with Gasteiger partial charge >= 0.3 is 12.4 Å². The van der Waals surface area contributed by atoms with Crippen LogP contribution in [0.3, 0.4) is 0 Å². The summed E-state index contributed by atoms with van der Waals surface area (Å²) in [6.07, 6.45) is -9.94. The molecule has 0 amide bonds. The Morgan fingerprint density at radius 3 is 2.15 bits per heavy atom. The number of benzene rings is 1. The summed E-state index contributed by atoms with van der Waals surface area (Å²) in [6, 6.07) is 5.25. The van der Waals surface area contributed by atoms with Crippen molar-refractivity contribution in [3.63, 3.8) is 0 Å². The molecule has 2 heterocycles. The van der Waals surface area contributed by atoms with Crippen LogP contribution < -0.4 is 10.3 Å². The van der Waals surface area contributed by atoms with Gasteiger partial charge in [0.2, 0.25) is 0 Å². The van der Waals surface area contributed by atoms with E-state index in [0.717, 1.165) is 0 Å². The van der Waals surface area contributed by atoms with E-state index in [1.165, 1.54) is 31.4 Å². The second-order valence-electron chi connectivity index (χ2n) is 5.22. The number of fused-ring (bicyclic) bond motifs is 1. The molecule has 0 bridgehead atoms. The Morgan fingerprint density at radius 2 is 1.65 bits per heavy atom. The van der Waals surface area contributed by atoms with E-state index in [9.17, 15) is 31.1 Å². The average Bonchev–Trinajstić information content (AvgIpc) is 2.94. The van der Waals surface area contributed by atoms with Crippen molar-refractivity contribution < 1.29 is 31.1 Å². The third-order valence-corrected chi connectivity index (χ3v) is 3.57. The number of nitrogens with zero attached hydrogens (tertiary/aromatic N) is 2. The lowest BCUT2D eigenvalue weighted by Gasteiger charge is -2.08. The van der Waals surface area contributed by atoms with Crippen LogP contribution in [-0.4, -0.2) is 21.7 Å². The molecule has 3 aromatic rings. The van der Waals surface area contributed by atoms with Crippen molar-refractivity contribution in [1.82, 2.24) is 14.6 Å². The van der Waals surface area contributed by atoms with Gasteiger partial charge in [-0.3, -0.25) is 9.89 Å². The van der Waals surface area contributed by atoms with Crippen LogP contribution in [0.25, 0.3) is 16.8 Å². The number of ether oxygens (including phenoxy) is 1. The minimum atomic E-state index is -4.99. The molecule has 0 saturated carbocycles. The summed E-state index contributed by atoms with van der Waals surface area (Å²) >= 11 is 0. The molecule has 26 heavy (non-hydrogen) atoms. The lowest BCUT2D eigenvalue weighted by Crippen LogP contribution is -2.20. The maximum Gasteiger partial charge on any atom is 0.433 e. The Morgan fingerprint density at radius 1 is 1.04 bits per heavy atom. The fourth-order valence-corrected chi connectivity index (χ4v) is 2.42. The van der Waals surface area contributed by atoms with Gasteiger partial charge in [0.05, 0.1) is 12.7 Å². The molecule has 0 aliphatic heterocycles. The highest BCUT2D eigenvalue weighted by atomic mass is 19.4. The molecule has 5 nitrogen and oxygen atoms in total. The van der Waals surface area contributed by atoms with Crippen molar-refractivity contribution in [3.8, 4) is 16.9 Å². The van der Waals surface area contributed by atoms with Crippen LogP contribution in [0.15, 0.2) is 35.1 Å². The van der Waals surface area contributed by atoms with Gasteiger partial charge in [0.25, 0.3) is 5.56 Å². The van der Waals surface area contributed by atoms with Gasteiger partial charge in [0.15, 0.2) is 11.3 Å². The molecule has 0 fully saturated rings. The molecule has 3 rings (SSSR count). The van der Waals surface area contributed by atoms with E-state index in [-0.39, 0.29) is 11.6 Å². The highest BCUT2D eigenvalue weighted by Crippen LogP contribution is 2.39. The zero-order valence-electron chi connectivity index (χ0n) is 12.9. The summed E-state index contributed by atoms with van der Waals surface area (Å²) in [4.78, 5) is 15.1. The first-order valence-electron chi connectivity index (χ1n) is 6.97. The summed E-state index contributed by atoms with van der Waals surface area (Å²) in [5.41, 5.74) is -5.79. The second kappa shape index (κ2) is 5.78. The smallest absolute Gasteiger partial charge is 0.433 e. The average molecular weight is 377 g/mol. The molecule has 11 heteroatoms. The summed E-state index contributed by atoms with van der Waals surface area (Å²) in [5.74, 6) is 0.336. The number of rotatable bonds is 2. The standard InChI is InChI=1S/C15H9F6N3O2/c1-26-8-4-2-7(3-5-8)11-12(15(19,20)21)23-24-10(25)6-9(14(16,17)18)22-13(11)24/h2-6,23H,1H3. The van der Waals surface area contributed by atoms with Gasteiger partial charge in [-0.15, -0.1) is 0 Å². The predicted molar refractivity (Wildman–Crippen MR) is 77.8 cm³/mol. The molecule has 0 aliphatic carbocycles. The third-order valence-electron chi connectivity index (χ3n) is 3.57. The van der Waals surface area contributed by atoms with Crippen LogP contribution in [0.5, 0.6) is 5.75 Å². The number of aromatic amines is 1. The molecule has 0 aliphatic rings. The van der Waals surface area contributed by atoms with Crippen LogP contribution in [-0.2, 0) is 12.4 Å². The molecule has 2 aromatic heterocycles. The van der Waals surface area contributed by atoms with E-state index in [4.69, 9.17) is 4.74 Å². The van der Waals surface area contributed by atoms with Crippen LogP contribution in [0, 0.1) is 0 Å². The van der Waals surface area contributed by atoms with Crippen LogP contribution in [0.4, 0.5) is 26.3 Å². The zero-order chi connectivity index (χ0) is 19.3. The van der Waals surface area contributed by atoms with Crippen molar-refractivity contribution in [2.45, 2.75) is 12.4 Å². The molecule has 0 saturated heterocycles. The van der Waals surface area contributed by atoms with Crippen LogP contribution >= 0.6 is 0 Å². The minimum absolute atomic E-state index is 0.0805. The van der Waals surface area contributed by atoms with Gasteiger partial charge in [-0.1, -0.05) is 12.1 Å². The van der Waals surface area contributed by atoms with E-state index in [1.54, 1.807) is 5.10 Å². The van der Waals surface area contributed by atoms with E-state index in [0.29, 0.717) is 10.3 Å². The largest absolute Gasteiger partial charge is 0.497 e. The Labute approximate surface area is 140 Å². The number of aromatic nitrogens is 3. The summed E-state index contributed by atoms with van der Waals surface area (Å²) in [7, 11) is 1.35. The van der Waals surface area contributed by atoms with E-state index in [2.05, 4.69) is 4.98 Å². The predicted octanol–water partition coefficient (Wildman–Crippen LogP) is 3.74. The lowest BCUT2D eigenvalue weighted by atomic mass is 10.1. The number of halogens is 6. The quantitative estimate of drug-likeness (QED) is 0.693. The number of methoxy groups -OCH3 is 1.